The van der Waals surface area contributed by atoms with E-state index >= 15 is 0 Å². The molecule has 0 spiro atoms. The third kappa shape index (κ3) is 2.33. The summed E-state index contributed by atoms with van der Waals surface area (Å²) in [5.74, 6) is 0.853. The first-order valence-electron chi connectivity index (χ1n) is 4.26. The SMILES string of the molecule is CC1CCCN(C)C1(C)C.[MgH2]. The lowest BCUT2D eigenvalue weighted by molar-refractivity contribution is 0.0547. The molecule has 1 nitrogen and oxygen atoms in total. The van der Waals surface area contributed by atoms with Gasteiger partial charge in [-0.3, -0.25) is 0 Å². The van der Waals surface area contributed by atoms with Crippen molar-refractivity contribution in [1.82, 2.24) is 4.90 Å². The molecular weight excluding hydrogens is 146 g/mol. The summed E-state index contributed by atoms with van der Waals surface area (Å²) in [7, 11) is 2.23. The first-order chi connectivity index (χ1) is 4.55. The molecule has 1 heterocycles. The maximum atomic E-state index is 2.47. The van der Waals surface area contributed by atoms with Crippen molar-refractivity contribution in [2.75, 3.05) is 13.6 Å². The van der Waals surface area contributed by atoms with Gasteiger partial charge in [0.25, 0.3) is 0 Å². The summed E-state index contributed by atoms with van der Waals surface area (Å²) in [6, 6.07) is 0. The van der Waals surface area contributed by atoms with Gasteiger partial charge >= 0.3 is 23.1 Å². The maximum Gasteiger partial charge on any atom is 0.316 e. The van der Waals surface area contributed by atoms with E-state index in [1.165, 1.54) is 19.4 Å². The first-order valence-corrected chi connectivity index (χ1v) is 4.26. The van der Waals surface area contributed by atoms with E-state index in [1.807, 2.05) is 0 Å². The Hall–Kier alpha value is 0.726. The van der Waals surface area contributed by atoms with E-state index in [9.17, 15) is 0 Å². The van der Waals surface area contributed by atoms with Gasteiger partial charge in [0.15, 0.2) is 0 Å². The molecule has 0 N–H and O–H groups in total. The molecule has 0 saturated carbocycles. The average molecular weight is 168 g/mol. The van der Waals surface area contributed by atoms with Crippen molar-refractivity contribution in [3.8, 4) is 0 Å². The van der Waals surface area contributed by atoms with Gasteiger partial charge in [0, 0.05) is 5.54 Å². The highest BCUT2D eigenvalue weighted by Gasteiger charge is 2.32. The van der Waals surface area contributed by atoms with Crippen LogP contribution in [-0.2, 0) is 0 Å². The van der Waals surface area contributed by atoms with Crippen molar-refractivity contribution in [3.05, 3.63) is 0 Å². The monoisotopic (exact) mass is 167 g/mol. The zero-order valence-electron chi connectivity index (χ0n) is 7.65. The number of nitrogens with zero attached hydrogens (tertiary/aromatic N) is 1. The zero-order valence-corrected chi connectivity index (χ0v) is 7.65. The summed E-state index contributed by atoms with van der Waals surface area (Å²) in [5, 5.41) is 0. The number of likely N-dealkylation sites (tertiary alicyclic amines) is 1. The molecule has 0 radical (unpaired) electrons. The first kappa shape index (κ1) is 11.7. The lowest BCUT2D eigenvalue weighted by Crippen LogP contribution is -2.49. The Morgan fingerprint density at radius 3 is 2.27 bits per heavy atom. The van der Waals surface area contributed by atoms with Crippen LogP contribution < -0.4 is 0 Å². The molecule has 11 heavy (non-hydrogen) atoms. The molecule has 1 saturated heterocycles. The van der Waals surface area contributed by atoms with Crippen molar-refractivity contribution in [2.45, 2.75) is 39.2 Å². The van der Waals surface area contributed by atoms with Gasteiger partial charge < -0.3 is 4.90 Å². The van der Waals surface area contributed by atoms with E-state index in [-0.39, 0.29) is 23.1 Å². The second kappa shape index (κ2) is 4.10. The fourth-order valence-corrected chi connectivity index (χ4v) is 1.65. The standard InChI is InChI=1S/C9H19N.Mg.2H/c1-8-6-5-7-10(4)9(8,2)3;;;/h8H,5-7H2,1-4H3;;;. The molecule has 1 aliphatic heterocycles. The van der Waals surface area contributed by atoms with E-state index in [1.54, 1.807) is 0 Å². The minimum Gasteiger partial charge on any atom is -0.301 e. The topological polar surface area (TPSA) is 3.24 Å². The molecular formula is C9H21MgN. The lowest BCUT2D eigenvalue weighted by atomic mass is 9.81. The van der Waals surface area contributed by atoms with E-state index in [0.29, 0.717) is 5.54 Å². The van der Waals surface area contributed by atoms with Crippen LogP contribution in [0.5, 0.6) is 0 Å². The summed E-state index contributed by atoms with van der Waals surface area (Å²) >= 11 is 0. The van der Waals surface area contributed by atoms with Crippen LogP contribution in [0.25, 0.3) is 0 Å². The molecule has 1 aliphatic rings. The molecule has 1 rings (SSSR count). The fourth-order valence-electron chi connectivity index (χ4n) is 1.65. The molecule has 0 aromatic rings. The third-order valence-corrected chi connectivity index (χ3v) is 3.32. The number of piperidine rings is 1. The minimum absolute atomic E-state index is 0. The van der Waals surface area contributed by atoms with Crippen molar-refractivity contribution in [3.63, 3.8) is 0 Å². The Labute approximate surface area is 86.7 Å². The highest BCUT2D eigenvalue weighted by molar-refractivity contribution is 5.75. The normalized spacial score (nSPS) is 31.1. The van der Waals surface area contributed by atoms with Gasteiger partial charge in [-0.15, -0.1) is 0 Å². The zero-order chi connectivity index (χ0) is 7.78. The van der Waals surface area contributed by atoms with Crippen LogP contribution >= 0.6 is 0 Å². The van der Waals surface area contributed by atoms with Crippen LogP contribution in [0.2, 0.25) is 0 Å². The lowest BCUT2D eigenvalue weighted by Gasteiger charge is -2.44. The Morgan fingerprint density at radius 2 is 1.91 bits per heavy atom. The molecule has 0 amide bonds. The van der Waals surface area contributed by atoms with Crippen molar-refractivity contribution in [2.24, 2.45) is 5.92 Å². The van der Waals surface area contributed by atoms with Gasteiger partial charge in [-0.05, 0) is 46.2 Å². The summed E-state index contributed by atoms with van der Waals surface area (Å²) < 4.78 is 0. The number of hydrogen-bond acceptors (Lipinski definition) is 1. The summed E-state index contributed by atoms with van der Waals surface area (Å²) in [6.45, 7) is 8.32. The molecule has 0 aliphatic carbocycles. The summed E-state index contributed by atoms with van der Waals surface area (Å²) in [5.41, 5.74) is 0.429. The Morgan fingerprint density at radius 1 is 1.36 bits per heavy atom. The maximum absolute atomic E-state index is 2.47. The Kier molecular flexibility index (Phi) is 4.37. The van der Waals surface area contributed by atoms with Crippen molar-refractivity contribution in [1.29, 1.82) is 0 Å². The van der Waals surface area contributed by atoms with Crippen LogP contribution in [0.3, 0.4) is 0 Å². The third-order valence-electron chi connectivity index (χ3n) is 3.32. The van der Waals surface area contributed by atoms with E-state index in [2.05, 4.69) is 32.7 Å². The van der Waals surface area contributed by atoms with Gasteiger partial charge in [0.1, 0.15) is 0 Å². The predicted molar refractivity (Wildman–Crippen MR) is 53.7 cm³/mol. The van der Waals surface area contributed by atoms with E-state index in [0.717, 1.165) is 5.92 Å². The Bertz CT molecular complexity index is 111. The van der Waals surface area contributed by atoms with Crippen molar-refractivity contribution < 1.29 is 0 Å². The van der Waals surface area contributed by atoms with Crippen LogP contribution in [0.1, 0.15) is 33.6 Å². The Balaban J connectivity index is 0.000001000. The summed E-state index contributed by atoms with van der Waals surface area (Å²) in [6.07, 6.45) is 2.78. The molecule has 0 aromatic carbocycles. The molecule has 1 atom stereocenters. The smallest absolute Gasteiger partial charge is 0.301 e. The predicted octanol–water partition coefficient (Wildman–Crippen LogP) is 1.21. The summed E-state index contributed by atoms with van der Waals surface area (Å²) in [4.78, 5) is 2.47. The van der Waals surface area contributed by atoms with E-state index in [4.69, 9.17) is 0 Å². The van der Waals surface area contributed by atoms with Crippen LogP contribution in [0.15, 0.2) is 0 Å². The quantitative estimate of drug-likeness (QED) is 0.491. The highest BCUT2D eigenvalue weighted by atomic mass is 24.3. The van der Waals surface area contributed by atoms with Gasteiger partial charge in [-0.25, -0.2) is 0 Å². The number of rotatable bonds is 0. The number of hydrogen-bond donors (Lipinski definition) is 0. The van der Waals surface area contributed by atoms with E-state index < -0.39 is 0 Å². The molecule has 64 valence electrons. The molecule has 1 fully saturated rings. The van der Waals surface area contributed by atoms with Gasteiger partial charge in [0.05, 0.1) is 0 Å². The van der Waals surface area contributed by atoms with Crippen LogP contribution in [-0.4, -0.2) is 47.1 Å². The molecule has 1 unspecified atom stereocenters. The molecule has 2 heteroatoms. The highest BCUT2D eigenvalue weighted by Crippen LogP contribution is 2.30. The van der Waals surface area contributed by atoms with Gasteiger partial charge in [-0.1, -0.05) is 6.92 Å². The molecule has 0 aromatic heterocycles. The fraction of sp³-hybridized carbons (Fsp3) is 1.00. The van der Waals surface area contributed by atoms with Gasteiger partial charge in [0.2, 0.25) is 0 Å². The van der Waals surface area contributed by atoms with Crippen LogP contribution in [0, 0.1) is 5.92 Å². The molecule has 0 bridgehead atoms. The second-order valence-corrected chi connectivity index (χ2v) is 4.12. The van der Waals surface area contributed by atoms with Gasteiger partial charge in [-0.2, -0.15) is 0 Å². The average Bonchev–Trinajstić information content (AvgIpc) is 1.84. The van der Waals surface area contributed by atoms with Crippen molar-refractivity contribution >= 4 is 23.1 Å². The largest absolute Gasteiger partial charge is 0.316 e. The minimum atomic E-state index is 0. The van der Waals surface area contributed by atoms with Crippen LogP contribution in [0.4, 0.5) is 0 Å². The second-order valence-electron chi connectivity index (χ2n) is 4.12.